The Hall–Kier alpha value is -1.59. The molecule has 0 amide bonds. The highest BCUT2D eigenvalue weighted by Crippen LogP contribution is 2.26. The summed E-state index contributed by atoms with van der Waals surface area (Å²) in [5.41, 5.74) is 5.81. The van der Waals surface area contributed by atoms with E-state index in [9.17, 15) is 0 Å². The van der Waals surface area contributed by atoms with Crippen LogP contribution in [0, 0.1) is 5.92 Å². The first-order valence-corrected chi connectivity index (χ1v) is 7.51. The van der Waals surface area contributed by atoms with Gasteiger partial charge in [0.05, 0.1) is 0 Å². The van der Waals surface area contributed by atoms with E-state index in [4.69, 9.17) is 10.3 Å². The second kappa shape index (κ2) is 7.26. The van der Waals surface area contributed by atoms with Gasteiger partial charge in [-0.1, -0.05) is 25.4 Å². The van der Waals surface area contributed by atoms with E-state index in [1.165, 1.54) is 19.3 Å². The zero-order valence-electron chi connectivity index (χ0n) is 12.4. The summed E-state index contributed by atoms with van der Waals surface area (Å²) in [7, 11) is 0. The topological polar surface area (TPSA) is 89.3 Å². The Morgan fingerprint density at radius 3 is 2.90 bits per heavy atom. The Labute approximate surface area is 120 Å². The lowest BCUT2D eigenvalue weighted by atomic mass is 9.86. The van der Waals surface area contributed by atoms with E-state index in [1.807, 2.05) is 0 Å². The number of guanidine groups is 1. The summed E-state index contributed by atoms with van der Waals surface area (Å²) in [6.07, 6.45) is 5.61. The minimum absolute atomic E-state index is 0.305. The van der Waals surface area contributed by atoms with Crippen LogP contribution in [0.3, 0.4) is 0 Å². The molecule has 112 valence electrons. The second-order valence-electron chi connectivity index (χ2n) is 5.75. The molecule has 1 heterocycles. The Bertz CT molecular complexity index is 437. The number of nitrogens with zero attached hydrogens (tertiary/aromatic N) is 3. The molecule has 0 spiro atoms. The number of aryl methyl sites for hydroxylation is 1. The van der Waals surface area contributed by atoms with E-state index in [1.54, 1.807) is 0 Å². The molecule has 0 radical (unpaired) electrons. The molecular weight excluding hydrogens is 254 g/mol. The van der Waals surface area contributed by atoms with Crippen LogP contribution in [0.5, 0.6) is 0 Å². The van der Waals surface area contributed by atoms with E-state index in [2.05, 4.69) is 34.3 Å². The third kappa shape index (κ3) is 4.51. The van der Waals surface area contributed by atoms with E-state index >= 15 is 0 Å². The molecule has 0 saturated heterocycles. The maximum Gasteiger partial charge on any atom is 0.226 e. The van der Waals surface area contributed by atoms with Gasteiger partial charge in [0.2, 0.25) is 5.89 Å². The Balaban J connectivity index is 1.60. The molecule has 0 unspecified atom stereocenters. The van der Waals surface area contributed by atoms with Crippen molar-refractivity contribution in [2.45, 2.75) is 51.9 Å². The maximum absolute atomic E-state index is 5.81. The van der Waals surface area contributed by atoms with E-state index in [0.29, 0.717) is 17.8 Å². The molecule has 2 rings (SSSR count). The molecule has 6 heteroatoms. The highest BCUT2D eigenvalue weighted by atomic mass is 16.5. The lowest BCUT2D eigenvalue weighted by Gasteiger charge is -2.23. The van der Waals surface area contributed by atoms with Crippen LogP contribution in [0.25, 0.3) is 0 Å². The van der Waals surface area contributed by atoms with Crippen molar-refractivity contribution in [2.24, 2.45) is 16.6 Å². The largest absolute Gasteiger partial charge is 0.370 e. The molecule has 0 bridgehead atoms. The van der Waals surface area contributed by atoms with Gasteiger partial charge >= 0.3 is 0 Å². The average molecular weight is 279 g/mol. The number of nitrogens with one attached hydrogen (secondary N) is 1. The van der Waals surface area contributed by atoms with Crippen molar-refractivity contribution in [3.63, 3.8) is 0 Å². The quantitative estimate of drug-likeness (QED) is 0.451. The Morgan fingerprint density at radius 2 is 2.30 bits per heavy atom. The van der Waals surface area contributed by atoms with Crippen molar-refractivity contribution in [1.82, 2.24) is 15.5 Å². The molecule has 1 saturated carbocycles. The standard InChI is InChI=1S/C14H25N5O/c1-10(2)13-18-12(20-19-13)7-4-8-16-14(15)17-9-11-5-3-6-11/h10-11H,3-9H2,1-2H3,(H3,15,16,17). The number of aromatic nitrogens is 2. The lowest BCUT2D eigenvalue weighted by Crippen LogP contribution is -2.33. The van der Waals surface area contributed by atoms with Crippen LogP contribution in [0.4, 0.5) is 0 Å². The highest BCUT2D eigenvalue weighted by Gasteiger charge is 2.16. The van der Waals surface area contributed by atoms with Crippen LogP contribution in [-0.4, -0.2) is 29.2 Å². The van der Waals surface area contributed by atoms with Gasteiger partial charge < -0.3 is 15.6 Å². The molecule has 1 aliphatic rings. The van der Waals surface area contributed by atoms with Gasteiger partial charge in [0.15, 0.2) is 11.8 Å². The van der Waals surface area contributed by atoms with Gasteiger partial charge in [-0.15, -0.1) is 0 Å². The zero-order chi connectivity index (χ0) is 14.4. The predicted octanol–water partition coefficient (Wildman–Crippen LogP) is 1.83. The van der Waals surface area contributed by atoms with E-state index in [-0.39, 0.29) is 0 Å². The van der Waals surface area contributed by atoms with Crippen LogP contribution in [0.1, 0.15) is 57.2 Å². The van der Waals surface area contributed by atoms with Crippen molar-refractivity contribution in [2.75, 3.05) is 13.1 Å². The van der Waals surface area contributed by atoms with Crippen LogP contribution < -0.4 is 11.1 Å². The summed E-state index contributed by atoms with van der Waals surface area (Å²) < 4.78 is 5.18. The fraction of sp³-hybridized carbons (Fsp3) is 0.786. The maximum atomic E-state index is 5.81. The smallest absolute Gasteiger partial charge is 0.226 e. The van der Waals surface area contributed by atoms with Crippen molar-refractivity contribution in [3.8, 4) is 0 Å². The van der Waals surface area contributed by atoms with Crippen molar-refractivity contribution < 1.29 is 4.52 Å². The summed E-state index contributed by atoms with van der Waals surface area (Å²) in [4.78, 5) is 8.69. The van der Waals surface area contributed by atoms with Gasteiger partial charge in [-0.3, -0.25) is 4.99 Å². The molecule has 0 aromatic carbocycles. The van der Waals surface area contributed by atoms with Crippen LogP contribution >= 0.6 is 0 Å². The third-order valence-corrected chi connectivity index (χ3v) is 3.62. The van der Waals surface area contributed by atoms with Gasteiger partial charge in [-0.2, -0.15) is 4.98 Å². The van der Waals surface area contributed by atoms with Crippen LogP contribution in [0.2, 0.25) is 0 Å². The lowest BCUT2D eigenvalue weighted by molar-refractivity contribution is 0.326. The zero-order valence-corrected chi connectivity index (χ0v) is 12.4. The Morgan fingerprint density at radius 1 is 1.50 bits per heavy atom. The number of hydrogen-bond acceptors (Lipinski definition) is 4. The first kappa shape index (κ1) is 14.8. The summed E-state index contributed by atoms with van der Waals surface area (Å²) in [5.74, 6) is 3.07. The number of aliphatic imine (C=N–C) groups is 1. The average Bonchev–Trinajstić information content (AvgIpc) is 2.81. The molecule has 0 atom stereocenters. The molecule has 0 aliphatic heterocycles. The van der Waals surface area contributed by atoms with Crippen molar-refractivity contribution in [3.05, 3.63) is 11.7 Å². The fourth-order valence-electron chi connectivity index (χ4n) is 2.02. The van der Waals surface area contributed by atoms with Crippen molar-refractivity contribution >= 4 is 5.96 Å². The molecule has 1 fully saturated rings. The minimum Gasteiger partial charge on any atom is -0.370 e. The molecule has 20 heavy (non-hydrogen) atoms. The van der Waals surface area contributed by atoms with Crippen molar-refractivity contribution in [1.29, 1.82) is 0 Å². The second-order valence-corrected chi connectivity index (χ2v) is 5.75. The van der Waals surface area contributed by atoms with Gasteiger partial charge in [-0.25, -0.2) is 0 Å². The summed E-state index contributed by atoms with van der Waals surface area (Å²) in [5, 5.41) is 7.06. The number of nitrogens with two attached hydrogens (primary N) is 1. The van der Waals surface area contributed by atoms with E-state index in [0.717, 1.165) is 37.7 Å². The SMILES string of the molecule is CC(C)c1noc(CCCNC(N)=NCC2CCC2)n1. The monoisotopic (exact) mass is 279 g/mol. The summed E-state index contributed by atoms with van der Waals surface area (Å²) >= 11 is 0. The van der Waals surface area contributed by atoms with Crippen LogP contribution in [-0.2, 0) is 6.42 Å². The fourth-order valence-corrected chi connectivity index (χ4v) is 2.02. The predicted molar refractivity (Wildman–Crippen MR) is 78.5 cm³/mol. The normalized spacial score (nSPS) is 16.4. The summed E-state index contributed by atoms with van der Waals surface area (Å²) in [6.45, 7) is 5.74. The molecule has 3 N–H and O–H groups in total. The highest BCUT2D eigenvalue weighted by molar-refractivity contribution is 5.77. The number of rotatable bonds is 7. The van der Waals surface area contributed by atoms with Gasteiger partial charge in [-0.05, 0) is 25.2 Å². The van der Waals surface area contributed by atoms with Crippen LogP contribution in [0.15, 0.2) is 9.52 Å². The molecule has 1 aromatic heterocycles. The molecule has 1 aromatic rings. The van der Waals surface area contributed by atoms with Gasteiger partial charge in [0, 0.05) is 25.4 Å². The number of hydrogen-bond donors (Lipinski definition) is 2. The van der Waals surface area contributed by atoms with Gasteiger partial charge in [0.25, 0.3) is 0 Å². The molecule has 6 nitrogen and oxygen atoms in total. The minimum atomic E-state index is 0.305. The molecule has 1 aliphatic carbocycles. The molecular formula is C14H25N5O. The van der Waals surface area contributed by atoms with E-state index < -0.39 is 0 Å². The summed E-state index contributed by atoms with van der Waals surface area (Å²) in [6, 6.07) is 0. The third-order valence-electron chi connectivity index (χ3n) is 3.62. The first-order valence-electron chi connectivity index (χ1n) is 7.51. The Kier molecular flexibility index (Phi) is 5.38. The first-order chi connectivity index (χ1) is 9.65. The van der Waals surface area contributed by atoms with Gasteiger partial charge in [0.1, 0.15) is 0 Å².